The van der Waals surface area contributed by atoms with Crippen LogP contribution in [0.2, 0.25) is 0 Å². The van der Waals surface area contributed by atoms with Crippen molar-refractivity contribution in [1.29, 1.82) is 0 Å². The summed E-state index contributed by atoms with van der Waals surface area (Å²) in [6.07, 6.45) is 18.3. The van der Waals surface area contributed by atoms with Crippen LogP contribution in [-0.4, -0.2) is 5.38 Å². The molecule has 1 heteroatoms. The van der Waals surface area contributed by atoms with E-state index >= 15 is 0 Å². The molecule has 1 unspecified atom stereocenters. The summed E-state index contributed by atoms with van der Waals surface area (Å²) in [5.74, 6) is 0.634. The maximum Gasteiger partial charge on any atom is 0.0359 e. The second-order valence-corrected chi connectivity index (χ2v) is 7.00. The van der Waals surface area contributed by atoms with Gasteiger partial charge in [0.25, 0.3) is 0 Å². The van der Waals surface area contributed by atoms with Gasteiger partial charge < -0.3 is 0 Å². The Balaban J connectivity index is 3.03. The van der Waals surface area contributed by atoms with Gasteiger partial charge in [-0.15, -0.1) is 11.6 Å². The van der Waals surface area contributed by atoms with E-state index in [2.05, 4.69) is 20.8 Å². The molecule has 116 valence electrons. The average Bonchev–Trinajstić information content (AvgIpc) is 2.39. The van der Waals surface area contributed by atoms with Gasteiger partial charge in [0.05, 0.1) is 0 Å². The highest BCUT2D eigenvalue weighted by atomic mass is 35.5. The highest BCUT2D eigenvalue weighted by Crippen LogP contribution is 2.18. The van der Waals surface area contributed by atoms with Crippen LogP contribution in [0, 0.1) is 5.92 Å². The monoisotopic (exact) mass is 288 g/mol. The van der Waals surface area contributed by atoms with Gasteiger partial charge in [-0.25, -0.2) is 0 Å². The van der Waals surface area contributed by atoms with Crippen molar-refractivity contribution in [3.63, 3.8) is 0 Å². The lowest BCUT2D eigenvalue weighted by atomic mass is 10.0. The van der Waals surface area contributed by atoms with Crippen molar-refractivity contribution < 1.29 is 0 Å². The zero-order chi connectivity index (χ0) is 14.3. The fourth-order valence-electron chi connectivity index (χ4n) is 2.51. The third-order valence-electron chi connectivity index (χ3n) is 4.06. The Hall–Kier alpha value is 0.290. The van der Waals surface area contributed by atoms with Gasteiger partial charge in [0.1, 0.15) is 0 Å². The lowest BCUT2D eigenvalue weighted by Gasteiger charge is -2.12. The molecule has 0 rings (SSSR count). The molecular weight excluding hydrogens is 252 g/mol. The van der Waals surface area contributed by atoms with E-state index < -0.39 is 0 Å². The fourth-order valence-corrected chi connectivity index (χ4v) is 2.67. The van der Waals surface area contributed by atoms with Crippen molar-refractivity contribution in [3.8, 4) is 0 Å². The predicted molar refractivity (Wildman–Crippen MR) is 90.2 cm³/mol. The van der Waals surface area contributed by atoms with Gasteiger partial charge in [-0.3, -0.25) is 0 Å². The molecule has 0 aliphatic rings. The molecule has 1 atom stereocenters. The molecule has 0 saturated carbocycles. The minimum atomic E-state index is 0.392. The van der Waals surface area contributed by atoms with E-state index in [1.165, 1.54) is 83.5 Å². The normalized spacial score (nSPS) is 13.1. The number of hydrogen-bond acceptors (Lipinski definition) is 0. The number of unbranched alkanes of at least 4 members (excludes halogenated alkanes) is 11. The Labute approximate surface area is 127 Å². The Kier molecular flexibility index (Phi) is 14.9. The Morgan fingerprint density at radius 3 is 1.37 bits per heavy atom. The number of halogens is 1. The molecule has 0 fully saturated rings. The van der Waals surface area contributed by atoms with Crippen LogP contribution in [0.15, 0.2) is 0 Å². The molecule has 0 spiro atoms. The molecule has 0 aliphatic heterocycles. The molecule has 0 aromatic heterocycles. The lowest BCUT2D eigenvalue weighted by molar-refractivity contribution is 0.508. The maximum absolute atomic E-state index is 6.25. The van der Waals surface area contributed by atoms with E-state index in [9.17, 15) is 0 Å². The average molecular weight is 289 g/mol. The second-order valence-electron chi connectivity index (χ2n) is 6.44. The minimum Gasteiger partial charge on any atom is -0.123 e. The Morgan fingerprint density at radius 2 is 1.00 bits per heavy atom. The summed E-state index contributed by atoms with van der Waals surface area (Å²) < 4.78 is 0. The van der Waals surface area contributed by atoms with E-state index in [1.54, 1.807) is 0 Å². The zero-order valence-electron chi connectivity index (χ0n) is 13.7. The first-order chi connectivity index (χ1) is 9.18. The Bertz CT molecular complexity index is 165. The largest absolute Gasteiger partial charge is 0.123 e. The van der Waals surface area contributed by atoms with Gasteiger partial charge in [-0.05, 0) is 12.3 Å². The predicted octanol–water partition coefficient (Wildman–Crippen LogP) is 7.34. The highest BCUT2D eigenvalue weighted by Gasteiger charge is 2.08. The molecule has 0 heterocycles. The molecule has 0 nitrogen and oxygen atoms in total. The molecule has 0 amide bonds. The summed E-state index contributed by atoms with van der Waals surface area (Å²) in [5.41, 5.74) is 0. The fraction of sp³-hybridized carbons (Fsp3) is 1.00. The van der Waals surface area contributed by atoms with E-state index in [1.807, 2.05) is 0 Å². The van der Waals surface area contributed by atoms with Gasteiger partial charge in [-0.2, -0.15) is 0 Å². The molecule has 0 aliphatic carbocycles. The summed E-state index contributed by atoms with van der Waals surface area (Å²) in [6.45, 7) is 6.73. The number of hydrogen-bond donors (Lipinski definition) is 0. The van der Waals surface area contributed by atoms with Gasteiger partial charge in [-0.1, -0.05) is 97.8 Å². The molecule has 0 bridgehead atoms. The minimum absolute atomic E-state index is 0.392. The summed E-state index contributed by atoms with van der Waals surface area (Å²) in [7, 11) is 0. The van der Waals surface area contributed by atoms with Crippen LogP contribution in [0.25, 0.3) is 0 Å². The zero-order valence-corrected chi connectivity index (χ0v) is 14.5. The SMILES string of the molecule is CCCCCCCCCCCCCCC(Cl)C(C)C. The standard InChI is InChI=1S/C18H37Cl/c1-4-5-6-7-8-9-10-11-12-13-14-15-16-18(19)17(2)3/h17-18H,4-16H2,1-3H3. The van der Waals surface area contributed by atoms with Crippen LogP contribution in [0.3, 0.4) is 0 Å². The highest BCUT2D eigenvalue weighted by molar-refractivity contribution is 6.20. The summed E-state index contributed by atoms with van der Waals surface area (Å²) in [5, 5.41) is 0.392. The summed E-state index contributed by atoms with van der Waals surface area (Å²) in [6, 6.07) is 0. The van der Waals surface area contributed by atoms with Crippen LogP contribution in [-0.2, 0) is 0 Å². The molecule has 0 aromatic rings. The van der Waals surface area contributed by atoms with E-state index in [0.717, 1.165) is 0 Å². The van der Waals surface area contributed by atoms with Crippen molar-refractivity contribution in [2.24, 2.45) is 5.92 Å². The van der Waals surface area contributed by atoms with E-state index in [-0.39, 0.29) is 0 Å². The van der Waals surface area contributed by atoms with Gasteiger partial charge in [0.2, 0.25) is 0 Å². The first-order valence-electron chi connectivity index (χ1n) is 8.82. The number of rotatable bonds is 14. The molecular formula is C18H37Cl. The molecule has 0 radical (unpaired) electrons. The Morgan fingerprint density at radius 1 is 0.632 bits per heavy atom. The molecule has 0 aromatic carbocycles. The molecule has 19 heavy (non-hydrogen) atoms. The van der Waals surface area contributed by atoms with Gasteiger partial charge in [0, 0.05) is 5.38 Å². The van der Waals surface area contributed by atoms with E-state index in [4.69, 9.17) is 11.6 Å². The topological polar surface area (TPSA) is 0 Å². The molecule has 0 N–H and O–H groups in total. The van der Waals surface area contributed by atoms with Crippen molar-refractivity contribution in [2.45, 2.75) is 110 Å². The van der Waals surface area contributed by atoms with Crippen molar-refractivity contribution in [1.82, 2.24) is 0 Å². The number of alkyl halides is 1. The van der Waals surface area contributed by atoms with Crippen LogP contribution < -0.4 is 0 Å². The van der Waals surface area contributed by atoms with Crippen LogP contribution in [0.1, 0.15) is 104 Å². The smallest absolute Gasteiger partial charge is 0.0359 e. The first-order valence-corrected chi connectivity index (χ1v) is 9.26. The van der Waals surface area contributed by atoms with Crippen LogP contribution in [0.5, 0.6) is 0 Å². The summed E-state index contributed by atoms with van der Waals surface area (Å²) in [4.78, 5) is 0. The van der Waals surface area contributed by atoms with E-state index in [0.29, 0.717) is 11.3 Å². The first kappa shape index (κ1) is 19.3. The third-order valence-corrected chi connectivity index (χ3v) is 4.78. The second kappa shape index (κ2) is 14.7. The van der Waals surface area contributed by atoms with Crippen molar-refractivity contribution in [3.05, 3.63) is 0 Å². The van der Waals surface area contributed by atoms with Crippen molar-refractivity contribution >= 4 is 11.6 Å². The maximum atomic E-state index is 6.25. The van der Waals surface area contributed by atoms with Crippen LogP contribution >= 0.6 is 11.6 Å². The quantitative estimate of drug-likeness (QED) is 0.232. The van der Waals surface area contributed by atoms with Crippen molar-refractivity contribution in [2.75, 3.05) is 0 Å². The van der Waals surface area contributed by atoms with Crippen LogP contribution in [0.4, 0.5) is 0 Å². The van der Waals surface area contributed by atoms with Gasteiger partial charge in [0.15, 0.2) is 0 Å². The summed E-state index contributed by atoms with van der Waals surface area (Å²) >= 11 is 6.25. The lowest BCUT2D eigenvalue weighted by Crippen LogP contribution is -2.06. The third kappa shape index (κ3) is 14.5. The van der Waals surface area contributed by atoms with Gasteiger partial charge >= 0.3 is 0 Å². The molecule has 0 saturated heterocycles.